The van der Waals surface area contributed by atoms with Crippen molar-refractivity contribution in [2.45, 2.75) is 13.0 Å². The van der Waals surface area contributed by atoms with Crippen molar-refractivity contribution >= 4 is 17.6 Å². The summed E-state index contributed by atoms with van der Waals surface area (Å²) in [5, 5.41) is 0.566. The van der Waals surface area contributed by atoms with E-state index in [-0.39, 0.29) is 0 Å². The number of benzene rings is 3. The molecule has 0 aliphatic heterocycles. The Bertz CT molecular complexity index is 862. The highest BCUT2D eigenvalue weighted by Crippen LogP contribution is 2.29. The van der Waals surface area contributed by atoms with E-state index < -0.39 is 12.1 Å². The van der Waals surface area contributed by atoms with Gasteiger partial charge in [-0.15, -0.1) is 0 Å². The van der Waals surface area contributed by atoms with E-state index in [1.54, 1.807) is 31.2 Å². The molecule has 3 aromatic rings. The van der Waals surface area contributed by atoms with Gasteiger partial charge in [-0.25, -0.2) is 4.79 Å². The van der Waals surface area contributed by atoms with Gasteiger partial charge in [0.1, 0.15) is 23.2 Å². The minimum Gasteiger partial charge on any atom is -0.456 e. The van der Waals surface area contributed by atoms with Gasteiger partial charge in [0.15, 0.2) is 0 Å². The van der Waals surface area contributed by atoms with Crippen molar-refractivity contribution < 1.29 is 14.3 Å². The average molecular weight is 353 g/mol. The van der Waals surface area contributed by atoms with Gasteiger partial charge in [-0.1, -0.05) is 60.1 Å². The Morgan fingerprint density at radius 2 is 1.52 bits per heavy atom. The molecule has 0 fully saturated rings. The summed E-state index contributed by atoms with van der Waals surface area (Å²) in [4.78, 5) is 12.6. The molecule has 0 aliphatic carbocycles. The zero-order valence-electron chi connectivity index (χ0n) is 13.7. The minimum absolute atomic E-state index is 0.366. The van der Waals surface area contributed by atoms with Gasteiger partial charge in [-0.2, -0.15) is 0 Å². The maximum absolute atomic E-state index is 12.6. The molecule has 4 heteroatoms. The second-order valence-corrected chi connectivity index (χ2v) is 5.89. The van der Waals surface area contributed by atoms with Crippen LogP contribution in [0.2, 0.25) is 5.02 Å². The summed E-state index contributed by atoms with van der Waals surface area (Å²) in [6.07, 6.45) is -0.467. The van der Waals surface area contributed by atoms with E-state index in [1.165, 1.54) is 0 Å². The number of para-hydroxylation sites is 2. The lowest BCUT2D eigenvalue weighted by molar-refractivity contribution is 0.0335. The van der Waals surface area contributed by atoms with E-state index in [9.17, 15) is 4.79 Å². The number of carbonyl (C=O) groups is 1. The Balaban J connectivity index is 1.80. The molecule has 3 rings (SSSR count). The van der Waals surface area contributed by atoms with E-state index in [2.05, 4.69) is 0 Å². The van der Waals surface area contributed by atoms with Crippen molar-refractivity contribution in [3.8, 4) is 11.5 Å². The van der Waals surface area contributed by atoms with Crippen LogP contribution in [0.1, 0.15) is 28.9 Å². The zero-order valence-corrected chi connectivity index (χ0v) is 14.4. The highest BCUT2D eigenvalue weighted by Gasteiger charge is 2.19. The third-order valence-corrected chi connectivity index (χ3v) is 4.05. The Labute approximate surface area is 151 Å². The van der Waals surface area contributed by atoms with Crippen molar-refractivity contribution in [1.29, 1.82) is 0 Å². The number of halogens is 1. The molecular weight excluding hydrogens is 336 g/mol. The molecule has 3 aromatic carbocycles. The van der Waals surface area contributed by atoms with Gasteiger partial charge >= 0.3 is 5.97 Å². The Hall–Kier alpha value is -2.78. The lowest BCUT2D eigenvalue weighted by atomic mass is 10.1. The third kappa shape index (κ3) is 4.20. The van der Waals surface area contributed by atoms with Crippen LogP contribution in [0.4, 0.5) is 0 Å². The predicted octanol–water partition coefficient (Wildman–Crippen LogP) is 6.05. The SMILES string of the molecule is C[C@@H](OC(=O)c1ccccc1Oc1ccccc1)c1ccccc1Cl. The fourth-order valence-electron chi connectivity index (χ4n) is 2.43. The summed E-state index contributed by atoms with van der Waals surface area (Å²) in [6, 6.07) is 23.6. The van der Waals surface area contributed by atoms with Crippen molar-refractivity contribution in [3.05, 3.63) is 95.0 Å². The van der Waals surface area contributed by atoms with Crippen LogP contribution in [0.5, 0.6) is 11.5 Å². The predicted molar refractivity (Wildman–Crippen MR) is 98.2 cm³/mol. The van der Waals surface area contributed by atoms with Crippen molar-refractivity contribution in [2.24, 2.45) is 0 Å². The van der Waals surface area contributed by atoms with Crippen molar-refractivity contribution in [3.63, 3.8) is 0 Å². The quantitative estimate of drug-likeness (QED) is 0.524. The van der Waals surface area contributed by atoms with Crippen LogP contribution in [0.3, 0.4) is 0 Å². The van der Waals surface area contributed by atoms with E-state index in [0.29, 0.717) is 22.1 Å². The van der Waals surface area contributed by atoms with Gasteiger partial charge in [-0.3, -0.25) is 0 Å². The molecule has 0 saturated heterocycles. The van der Waals surface area contributed by atoms with Crippen LogP contribution in [0.15, 0.2) is 78.9 Å². The van der Waals surface area contributed by atoms with Crippen molar-refractivity contribution in [1.82, 2.24) is 0 Å². The summed E-state index contributed by atoms with van der Waals surface area (Å²) in [5.74, 6) is 0.644. The lowest BCUT2D eigenvalue weighted by Crippen LogP contribution is -2.10. The molecule has 25 heavy (non-hydrogen) atoms. The van der Waals surface area contributed by atoms with Gasteiger partial charge in [0.05, 0.1) is 0 Å². The van der Waals surface area contributed by atoms with E-state index in [1.807, 2.05) is 54.6 Å². The first-order valence-corrected chi connectivity index (χ1v) is 8.30. The molecule has 3 nitrogen and oxygen atoms in total. The number of hydrogen-bond acceptors (Lipinski definition) is 3. The normalized spacial score (nSPS) is 11.6. The molecular formula is C21H17ClO3. The zero-order chi connectivity index (χ0) is 17.6. The largest absolute Gasteiger partial charge is 0.456 e. The van der Waals surface area contributed by atoms with Gasteiger partial charge in [0, 0.05) is 10.6 Å². The molecule has 126 valence electrons. The fraction of sp³-hybridized carbons (Fsp3) is 0.0952. The molecule has 0 spiro atoms. The van der Waals surface area contributed by atoms with E-state index in [4.69, 9.17) is 21.1 Å². The second-order valence-electron chi connectivity index (χ2n) is 5.48. The summed E-state index contributed by atoms with van der Waals surface area (Å²) in [6.45, 7) is 1.79. The second kappa shape index (κ2) is 7.86. The average Bonchev–Trinajstić information content (AvgIpc) is 2.63. The van der Waals surface area contributed by atoms with Crippen LogP contribution < -0.4 is 4.74 Å². The first-order valence-electron chi connectivity index (χ1n) is 7.92. The smallest absolute Gasteiger partial charge is 0.342 e. The number of hydrogen-bond donors (Lipinski definition) is 0. The first kappa shape index (κ1) is 17.1. The topological polar surface area (TPSA) is 35.5 Å². The van der Waals surface area contributed by atoms with Gasteiger partial charge in [0.2, 0.25) is 0 Å². The molecule has 0 unspecified atom stereocenters. The maximum atomic E-state index is 12.6. The maximum Gasteiger partial charge on any atom is 0.342 e. The van der Waals surface area contributed by atoms with Gasteiger partial charge < -0.3 is 9.47 Å². The van der Waals surface area contributed by atoms with Crippen molar-refractivity contribution in [2.75, 3.05) is 0 Å². The third-order valence-electron chi connectivity index (χ3n) is 3.70. The number of rotatable bonds is 5. The van der Waals surface area contributed by atoms with Crippen LogP contribution in [0.25, 0.3) is 0 Å². The number of ether oxygens (including phenoxy) is 2. The summed E-state index contributed by atoms with van der Waals surface area (Å²) < 4.78 is 11.4. The van der Waals surface area contributed by atoms with Crippen LogP contribution >= 0.6 is 11.6 Å². The summed E-state index contributed by atoms with van der Waals surface area (Å²) in [7, 11) is 0. The highest BCUT2D eigenvalue weighted by atomic mass is 35.5. The molecule has 0 amide bonds. The fourth-order valence-corrected chi connectivity index (χ4v) is 2.72. The molecule has 1 atom stereocenters. The summed E-state index contributed by atoms with van der Waals surface area (Å²) in [5.41, 5.74) is 1.13. The molecule has 0 bridgehead atoms. The number of carbonyl (C=O) groups excluding carboxylic acids is 1. The summed E-state index contributed by atoms with van der Waals surface area (Å²) >= 11 is 6.17. The van der Waals surface area contributed by atoms with Crippen LogP contribution in [-0.2, 0) is 4.74 Å². The van der Waals surface area contributed by atoms with E-state index in [0.717, 1.165) is 5.56 Å². The molecule has 0 saturated carbocycles. The lowest BCUT2D eigenvalue weighted by Gasteiger charge is -2.16. The Morgan fingerprint density at radius 3 is 2.28 bits per heavy atom. The standard InChI is InChI=1S/C21H17ClO3/c1-15(17-11-5-7-13-19(17)22)24-21(23)18-12-6-8-14-20(18)25-16-9-3-2-4-10-16/h2-15H,1H3/t15-/m1/s1. The minimum atomic E-state index is -0.467. The van der Waals surface area contributed by atoms with E-state index >= 15 is 0 Å². The molecule has 0 aromatic heterocycles. The molecule has 0 heterocycles. The molecule has 0 N–H and O–H groups in total. The molecule has 0 radical (unpaired) electrons. The van der Waals surface area contributed by atoms with Crippen LogP contribution in [0, 0.1) is 0 Å². The Morgan fingerprint density at radius 1 is 0.880 bits per heavy atom. The molecule has 0 aliphatic rings. The number of esters is 1. The first-order chi connectivity index (χ1) is 12.1. The monoisotopic (exact) mass is 352 g/mol. The Kier molecular flexibility index (Phi) is 5.36. The highest BCUT2D eigenvalue weighted by molar-refractivity contribution is 6.31. The van der Waals surface area contributed by atoms with Crippen LogP contribution in [-0.4, -0.2) is 5.97 Å². The van der Waals surface area contributed by atoms with Gasteiger partial charge in [-0.05, 0) is 37.3 Å². The van der Waals surface area contributed by atoms with Gasteiger partial charge in [0.25, 0.3) is 0 Å².